The standard InChI is InChI=1S/C19H22N2O3/c22-15-8-10-21(11-9-15)18-7-2-1-6-17(18)20-19(24)13-14-4-3-5-16(23)12-14/h1-7,12,15,22-23H,8-11,13H2,(H,20,24). The number of amides is 1. The van der Waals surface area contributed by atoms with Crippen molar-refractivity contribution in [1.29, 1.82) is 0 Å². The molecular weight excluding hydrogens is 304 g/mol. The number of phenolic OH excluding ortho intramolecular Hbond substituents is 1. The minimum Gasteiger partial charge on any atom is -0.508 e. The maximum absolute atomic E-state index is 12.3. The van der Waals surface area contributed by atoms with E-state index < -0.39 is 0 Å². The van der Waals surface area contributed by atoms with Crippen molar-refractivity contribution in [1.82, 2.24) is 0 Å². The summed E-state index contributed by atoms with van der Waals surface area (Å²) in [6, 6.07) is 14.4. The molecular formula is C19H22N2O3. The molecule has 2 aromatic rings. The van der Waals surface area contributed by atoms with Crippen molar-refractivity contribution in [3.8, 4) is 5.75 Å². The molecule has 0 atom stereocenters. The molecule has 1 fully saturated rings. The van der Waals surface area contributed by atoms with E-state index >= 15 is 0 Å². The number of aliphatic hydroxyl groups is 1. The highest BCUT2D eigenvalue weighted by Gasteiger charge is 2.19. The van der Waals surface area contributed by atoms with Crippen LogP contribution in [0.2, 0.25) is 0 Å². The van der Waals surface area contributed by atoms with E-state index in [0.29, 0.717) is 0 Å². The number of nitrogens with zero attached hydrogens (tertiary/aromatic N) is 1. The van der Waals surface area contributed by atoms with Gasteiger partial charge in [0.25, 0.3) is 0 Å². The van der Waals surface area contributed by atoms with Gasteiger partial charge in [-0.05, 0) is 42.7 Å². The highest BCUT2D eigenvalue weighted by Crippen LogP contribution is 2.28. The molecule has 1 saturated heterocycles. The Kier molecular flexibility index (Phi) is 5.01. The van der Waals surface area contributed by atoms with Crippen molar-refractivity contribution in [2.75, 3.05) is 23.3 Å². The predicted octanol–water partition coefficient (Wildman–Crippen LogP) is 2.53. The lowest BCUT2D eigenvalue weighted by Gasteiger charge is -2.32. The Balaban J connectivity index is 1.69. The normalized spacial score (nSPS) is 15.3. The van der Waals surface area contributed by atoms with E-state index in [2.05, 4.69) is 10.2 Å². The van der Waals surface area contributed by atoms with Crippen molar-refractivity contribution >= 4 is 17.3 Å². The van der Waals surface area contributed by atoms with Crippen LogP contribution >= 0.6 is 0 Å². The Bertz CT molecular complexity index is 709. The zero-order valence-electron chi connectivity index (χ0n) is 13.5. The lowest BCUT2D eigenvalue weighted by atomic mass is 10.1. The number of carbonyl (C=O) groups excluding carboxylic acids is 1. The molecule has 3 rings (SSSR count). The molecule has 3 N–H and O–H groups in total. The average molecular weight is 326 g/mol. The Morgan fingerprint density at radius 1 is 1.12 bits per heavy atom. The van der Waals surface area contributed by atoms with Gasteiger partial charge < -0.3 is 20.4 Å². The maximum Gasteiger partial charge on any atom is 0.228 e. The van der Waals surface area contributed by atoms with E-state index in [1.165, 1.54) is 0 Å². The number of nitrogens with one attached hydrogen (secondary N) is 1. The summed E-state index contributed by atoms with van der Waals surface area (Å²) in [7, 11) is 0. The molecule has 0 saturated carbocycles. The minimum absolute atomic E-state index is 0.120. The number of carbonyl (C=O) groups is 1. The number of phenols is 1. The highest BCUT2D eigenvalue weighted by molar-refractivity contribution is 5.95. The van der Waals surface area contributed by atoms with E-state index in [1.54, 1.807) is 18.2 Å². The summed E-state index contributed by atoms with van der Waals surface area (Å²) in [6.07, 6.45) is 1.47. The summed E-state index contributed by atoms with van der Waals surface area (Å²) in [4.78, 5) is 14.5. The summed E-state index contributed by atoms with van der Waals surface area (Å²) in [5.74, 6) is 0.0395. The number of piperidine rings is 1. The summed E-state index contributed by atoms with van der Waals surface area (Å²) in [5.41, 5.74) is 2.53. The first-order chi connectivity index (χ1) is 11.6. The van der Waals surface area contributed by atoms with Gasteiger partial charge in [0.05, 0.1) is 23.9 Å². The van der Waals surface area contributed by atoms with Crippen LogP contribution in [-0.2, 0) is 11.2 Å². The van der Waals surface area contributed by atoms with Crippen molar-refractivity contribution in [2.45, 2.75) is 25.4 Å². The fourth-order valence-electron chi connectivity index (χ4n) is 3.01. The lowest BCUT2D eigenvalue weighted by Crippen LogP contribution is -2.36. The minimum atomic E-state index is -0.228. The first kappa shape index (κ1) is 16.3. The van der Waals surface area contributed by atoms with Gasteiger partial charge in [0.1, 0.15) is 5.75 Å². The summed E-state index contributed by atoms with van der Waals surface area (Å²) >= 11 is 0. The van der Waals surface area contributed by atoms with Gasteiger partial charge in [0, 0.05) is 13.1 Å². The molecule has 24 heavy (non-hydrogen) atoms. The molecule has 1 aliphatic rings. The van der Waals surface area contributed by atoms with Crippen LogP contribution in [0.25, 0.3) is 0 Å². The maximum atomic E-state index is 12.3. The summed E-state index contributed by atoms with van der Waals surface area (Å²) in [5, 5.41) is 22.1. The van der Waals surface area contributed by atoms with Crippen LogP contribution in [-0.4, -0.2) is 35.3 Å². The monoisotopic (exact) mass is 326 g/mol. The fraction of sp³-hybridized carbons (Fsp3) is 0.316. The smallest absolute Gasteiger partial charge is 0.228 e. The van der Waals surface area contributed by atoms with Gasteiger partial charge in [-0.2, -0.15) is 0 Å². The molecule has 2 aromatic carbocycles. The number of anilines is 2. The Morgan fingerprint density at radius 3 is 2.62 bits per heavy atom. The van der Waals surface area contributed by atoms with E-state index in [0.717, 1.165) is 42.9 Å². The van der Waals surface area contributed by atoms with Crippen LogP contribution in [0, 0.1) is 0 Å². The average Bonchev–Trinajstić information content (AvgIpc) is 2.56. The molecule has 126 valence electrons. The number of para-hydroxylation sites is 2. The van der Waals surface area contributed by atoms with Crippen molar-refractivity contribution in [3.63, 3.8) is 0 Å². The van der Waals surface area contributed by atoms with Gasteiger partial charge in [0.2, 0.25) is 5.91 Å². The lowest BCUT2D eigenvalue weighted by molar-refractivity contribution is -0.115. The predicted molar refractivity (Wildman–Crippen MR) is 94.3 cm³/mol. The van der Waals surface area contributed by atoms with E-state index in [-0.39, 0.29) is 24.2 Å². The van der Waals surface area contributed by atoms with Crippen LogP contribution in [0.3, 0.4) is 0 Å². The van der Waals surface area contributed by atoms with E-state index in [1.807, 2.05) is 30.3 Å². The highest BCUT2D eigenvalue weighted by atomic mass is 16.3. The molecule has 0 aromatic heterocycles. The summed E-state index contributed by atoms with van der Waals surface area (Å²) < 4.78 is 0. The zero-order valence-corrected chi connectivity index (χ0v) is 13.5. The fourth-order valence-corrected chi connectivity index (χ4v) is 3.01. The molecule has 5 heteroatoms. The second-order valence-corrected chi connectivity index (χ2v) is 6.13. The number of aromatic hydroxyl groups is 1. The largest absolute Gasteiger partial charge is 0.508 e. The third kappa shape index (κ3) is 4.06. The molecule has 0 bridgehead atoms. The zero-order chi connectivity index (χ0) is 16.9. The number of hydrogen-bond donors (Lipinski definition) is 3. The first-order valence-electron chi connectivity index (χ1n) is 8.21. The second kappa shape index (κ2) is 7.36. The van der Waals surface area contributed by atoms with Crippen LogP contribution in [0.4, 0.5) is 11.4 Å². The molecule has 1 heterocycles. The molecule has 1 aliphatic heterocycles. The van der Waals surface area contributed by atoms with Gasteiger partial charge in [-0.3, -0.25) is 4.79 Å². The molecule has 0 aliphatic carbocycles. The summed E-state index contributed by atoms with van der Waals surface area (Å²) in [6.45, 7) is 1.56. The quantitative estimate of drug-likeness (QED) is 0.807. The van der Waals surface area contributed by atoms with Crippen LogP contribution in [0.5, 0.6) is 5.75 Å². The molecule has 1 amide bonds. The van der Waals surface area contributed by atoms with Gasteiger partial charge in [-0.25, -0.2) is 0 Å². The van der Waals surface area contributed by atoms with Gasteiger partial charge in [-0.15, -0.1) is 0 Å². The number of hydrogen-bond acceptors (Lipinski definition) is 4. The molecule has 5 nitrogen and oxygen atoms in total. The Morgan fingerprint density at radius 2 is 1.88 bits per heavy atom. The van der Waals surface area contributed by atoms with Crippen LogP contribution in [0.15, 0.2) is 48.5 Å². The van der Waals surface area contributed by atoms with E-state index in [9.17, 15) is 15.0 Å². The first-order valence-corrected chi connectivity index (χ1v) is 8.21. The van der Waals surface area contributed by atoms with Gasteiger partial charge in [0.15, 0.2) is 0 Å². The number of benzene rings is 2. The third-order valence-electron chi connectivity index (χ3n) is 4.26. The Labute approximate surface area is 141 Å². The van der Waals surface area contributed by atoms with Gasteiger partial charge in [-0.1, -0.05) is 24.3 Å². The second-order valence-electron chi connectivity index (χ2n) is 6.13. The van der Waals surface area contributed by atoms with E-state index in [4.69, 9.17) is 0 Å². The van der Waals surface area contributed by atoms with Crippen molar-refractivity contribution in [3.05, 3.63) is 54.1 Å². The number of aliphatic hydroxyl groups excluding tert-OH is 1. The van der Waals surface area contributed by atoms with Crippen LogP contribution in [0.1, 0.15) is 18.4 Å². The molecule has 0 spiro atoms. The molecule has 0 unspecified atom stereocenters. The Hall–Kier alpha value is -2.53. The van der Waals surface area contributed by atoms with Crippen LogP contribution < -0.4 is 10.2 Å². The number of rotatable bonds is 4. The van der Waals surface area contributed by atoms with Crippen molar-refractivity contribution in [2.24, 2.45) is 0 Å². The van der Waals surface area contributed by atoms with Crippen molar-refractivity contribution < 1.29 is 15.0 Å². The molecule has 0 radical (unpaired) electrons. The third-order valence-corrected chi connectivity index (χ3v) is 4.26. The topological polar surface area (TPSA) is 72.8 Å². The van der Waals surface area contributed by atoms with Gasteiger partial charge >= 0.3 is 0 Å². The SMILES string of the molecule is O=C(Cc1cccc(O)c1)Nc1ccccc1N1CCC(O)CC1.